The van der Waals surface area contributed by atoms with Crippen molar-refractivity contribution in [2.75, 3.05) is 25.4 Å². The largest absolute Gasteiger partial charge is 0.355 e. The van der Waals surface area contributed by atoms with E-state index in [1.807, 2.05) is 12.1 Å². The zero-order valence-corrected chi connectivity index (χ0v) is 14.2. The standard InChI is InChI=1S/C15H20Cl2N2OS/c16-13-4-3-12(14(17)6-13)9-21-10-15(20)19-8-11-2-1-5-18-7-11/h3-4,6,11,18H,1-2,5,7-10H2,(H,19,20). The topological polar surface area (TPSA) is 41.1 Å². The molecule has 1 heterocycles. The van der Waals surface area contributed by atoms with Crippen molar-refractivity contribution >= 4 is 40.9 Å². The number of piperidine rings is 1. The van der Waals surface area contributed by atoms with Crippen molar-refractivity contribution in [3.63, 3.8) is 0 Å². The summed E-state index contributed by atoms with van der Waals surface area (Å²) >= 11 is 13.5. The van der Waals surface area contributed by atoms with Gasteiger partial charge in [-0.25, -0.2) is 0 Å². The molecule has 0 saturated carbocycles. The molecule has 1 aromatic carbocycles. The third-order valence-corrected chi connectivity index (χ3v) is 5.06. The second kappa shape index (κ2) is 8.89. The monoisotopic (exact) mass is 346 g/mol. The molecule has 1 unspecified atom stereocenters. The third-order valence-electron chi connectivity index (χ3n) is 3.49. The fourth-order valence-electron chi connectivity index (χ4n) is 2.30. The van der Waals surface area contributed by atoms with Crippen LogP contribution in [0, 0.1) is 5.92 Å². The highest BCUT2D eigenvalue weighted by atomic mass is 35.5. The molecule has 116 valence electrons. The van der Waals surface area contributed by atoms with Crippen LogP contribution in [0.5, 0.6) is 0 Å². The molecule has 1 amide bonds. The van der Waals surface area contributed by atoms with E-state index in [0.717, 1.165) is 25.2 Å². The Bertz CT molecular complexity index is 479. The van der Waals surface area contributed by atoms with Crippen LogP contribution in [0.4, 0.5) is 0 Å². The molecule has 1 fully saturated rings. The number of nitrogens with one attached hydrogen (secondary N) is 2. The number of hydrogen-bond donors (Lipinski definition) is 2. The van der Waals surface area contributed by atoms with Gasteiger partial charge in [-0.05, 0) is 49.5 Å². The highest BCUT2D eigenvalue weighted by molar-refractivity contribution is 7.99. The lowest BCUT2D eigenvalue weighted by atomic mass is 10.00. The number of carbonyl (C=O) groups excluding carboxylic acids is 1. The summed E-state index contributed by atoms with van der Waals surface area (Å²) < 4.78 is 0. The first-order valence-electron chi connectivity index (χ1n) is 7.14. The van der Waals surface area contributed by atoms with Crippen LogP contribution in [-0.4, -0.2) is 31.3 Å². The minimum atomic E-state index is 0.0932. The molecule has 2 N–H and O–H groups in total. The molecule has 21 heavy (non-hydrogen) atoms. The zero-order valence-electron chi connectivity index (χ0n) is 11.8. The van der Waals surface area contributed by atoms with Gasteiger partial charge in [0.2, 0.25) is 5.91 Å². The maximum Gasteiger partial charge on any atom is 0.230 e. The van der Waals surface area contributed by atoms with Gasteiger partial charge in [0.1, 0.15) is 0 Å². The van der Waals surface area contributed by atoms with Crippen molar-refractivity contribution in [3.8, 4) is 0 Å². The fourth-order valence-corrected chi connectivity index (χ4v) is 3.72. The van der Waals surface area contributed by atoms with E-state index in [1.165, 1.54) is 12.8 Å². The third kappa shape index (κ3) is 6.07. The van der Waals surface area contributed by atoms with Crippen molar-refractivity contribution in [2.24, 2.45) is 5.92 Å². The number of carbonyl (C=O) groups is 1. The molecule has 2 rings (SSSR count). The van der Waals surface area contributed by atoms with E-state index in [2.05, 4.69) is 10.6 Å². The molecule has 0 radical (unpaired) electrons. The van der Waals surface area contributed by atoms with Gasteiger partial charge in [-0.3, -0.25) is 4.79 Å². The maximum absolute atomic E-state index is 11.8. The van der Waals surface area contributed by atoms with Gasteiger partial charge in [0, 0.05) is 22.3 Å². The lowest BCUT2D eigenvalue weighted by Gasteiger charge is -2.22. The van der Waals surface area contributed by atoms with E-state index < -0.39 is 0 Å². The summed E-state index contributed by atoms with van der Waals surface area (Å²) in [5, 5.41) is 7.65. The molecule has 1 aromatic rings. The van der Waals surface area contributed by atoms with Crippen molar-refractivity contribution in [2.45, 2.75) is 18.6 Å². The van der Waals surface area contributed by atoms with Crippen molar-refractivity contribution in [3.05, 3.63) is 33.8 Å². The number of amides is 1. The van der Waals surface area contributed by atoms with Crippen molar-refractivity contribution < 1.29 is 4.79 Å². The van der Waals surface area contributed by atoms with Crippen LogP contribution in [-0.2, 0) is 10.5 Å². The number of halogens is 2. The molecule has 1 aliphatic rings. The summed E-state index contributed by atoms with van der Waals surface area (Å²) in [6.07, 6.45) is 2.39. The summed E-state index contributed by atoms with van der Waals surface area (Å²) in [6.45, 7) is 2.88. The summed E-state index contributed by atoms with van der Waals surface area (Å²) in [5.41, 5.74) is 1.01. The van der Waals surface area contributed by atoms with Crippen molar-refractivity contribution in [1.82, 2.24) is 10.6 Å². The zero-order chi connectivity index (χ0) is 15.1. The lowest BCUT2D eigenvalue weighted by Crippen LogP contribution is -2.38. The second-order valence-electron chi connectivity index (χ2n) is 5.24. The van der Waals surface area contributed by atoms with Gasteiger partial charge in [0.15, 0.2) is 0 Å². The lowest BCUT2D eigenvalue weighted by molar-refractivity contribution is -0.118. The van der Waals surface area contributed by atoms with Gasteiger partial charge in [0.05, 0.1) is 5.75 Å². The first kappa shape index (κ1) is 16.9. The maximum atomic E-state index is 11.8. The van der Waals surface area contributed by atoms with Crippen LogP contribution >= 0.6 is 35.0 Å². The Kier molecular flexibility index (Phi) is 7.17. The Morgan fingerprint density at radius 3 is 3.00 bits per heavy atom. The van der Waals surface area contributed by atoms with E-state index in [1.54, 1.807) is 17.8 Å². The Labute approximate surface area is 140 Å². The van der Waals surface area contributed by atoms with Crippen LogP contribution in [0.25, 0.3) is 0 Å². The molecule has 3 nitrogen and oxygen atoms in total. The Morgan fingerprint density at radius 1 is 1.43 bits per heavy atom. The summed E-state index contributed by atoms with van der Waals surface area (Å²) in [6, 6.07) is 5.46. The Hall–Kier alpha value is -0.420. The Morgan fingerprint density at radius 2 is 2.29 bits per heavy atom. The van der Waals surface area contributed by atoms with Crippen LogP contribution in [0.3, 0.4) is 0 Å². The smallest absolute Gasteiger partial charge is 0.230 e. The molecule has 1 saturated heterocycles. The number of benzene rings is 1. The van der Waals surface area contributed by atoms with E-state index >= 15 is 0 Å². The molecule has 0 spiro atoms. The minimum absolute atomic E-state index is 0.0932. The van der Waals surface area contributed by atoms with Gasteiger partial charge in [0.25, 0.3) is 0 Å². The number of hydrogen-bond acceptors (Lipinski definition) is 3. The van der Waals surface area contributed by atoms with Crippen LogP contribution in [0.1, 0.15) is 18.4 Å². The molecular formula is C15H20Cl2N2OS. The molecule has 1 aliphatic heterocycles. The minimum Gasteiger partial charge on any atom is -0.355 e. The van der Waals surface area contributed by atoms with Crippen LogP contribution < -0.4 is 10.6 Å². The van der Waals surface area contributed by atoms with Crippen LogP contribution in [0.15, 0.2) is 18.2 Å². The van der Waals surface area contributed by atoms with Crippen LogP contribution in [0.2, 0.25) is 10.0 Å². The van der Waals surface area contributed by atoms with Crippen molar-refractivity contribution in [1.29, 1.82) is 0 Å². The molecular weight excluding hydrogens is 327 g/mol. The summed E-state index contributed by atoms with van der Waals surface area (Å²) in [4.78, 5) is 11.8. The normalized spacial score (nSPS) is 18.5. The average Bonchev–Trinajstić information content (AvgIpc) is 2.48. The second-order valence-corrected chi connectivity index (χ2v) is 7.07. The first-order valence-corrected chi connectivity index (χ1v) is 9.05. The number of rotatable bonds is 6. The van der Waals surface area contributed by atoms with E-state index in [0.29, 0.717) is 27.5 Å². The number of thioether (sulfide) groups is 1. The van der Waals surface area contributed by atoms with E-state index in [-0.39, 0.29) is 5.91 Å². The van der Waals surface area contributed by atoms with E-state index in [9.17, 15) is 4.79 Å². The molecule has 1 atom stereocenters. The van der Waals surface area contributed by atoms with Gasteiger partial charge < -0.3 is 10.6 Å². The molecule has 0 aliphatic carbocycles. The fraction of sp³-hybridized carbons (Fsp3) is 0.533. The predicted octanol–water partition coefficient (Wildman–Crippen LogP) is 3.34. The van der Waals surface area contributed by atoms with E-state index in [4.69, 9.17) is 23.2 Å². The van der Waals surface area contributed by atoms with Gasteiger partial charge >= 0.3 is 0 Å². The molecule has 0 bridgehead atoms. The quantitative estimate of drug-likeness (QED) is 0.829. The highest BCUT2D eigenvalue weighted by Crippen LogP contribution is 2.24. The Balaban J connectivity index is 1.64. The predicted molar refractivity (Wildman–Crippen MR) is 91.2 cm³/mol. The summed E-state index contributed by atoms with van der Waals surface area (Å²) in [5.74, 6) is 1.84. The van der Waals surface area contributed by atoms with Gasteiger partial charge in [-0.2, -0.15) is 0 Å². The van der Waals surface area contributed by atoms with Gasteiger partial charge in [-0.1, -0.05) is 29.3 Å². The average molecular weight is 347 g/mol. The molecule has 6 heteroatoms. The highest BCUT2D eigenvalue weighted by Gasteiger charge is 2.13. The first-order chi connectivity index (χ1) is 10.1. The van der Waals surface area contributed by atoms with Gasteiger partial charge in [-0.15, -0.1) is 11.8 Å². The molecule has 0 aromatic heterocycles. The summed E-state index contributed by atoms with van der Waals surface area (Å²) in [7, 11) is 0. The SMILES string of the molecule is O=C(CSCc1ccc(Cl)cc1Cl)NCC1CCCNC1.